The fourth-order valence-corrected chi connectivity index (χ4v) is 5.11. The normalized spacial score (nSPS) is 23.7. The van der Waals surface area contributed by atoms with E-state index in [1.807, 2.05) is 5.38 Å². The van der Waals surface area contributed by atoms with Gasteiger partial charge in [-0.15, -0.1) is 11.3 Å². The van der Waals surface area contributed by atoms with E-state index >= 15 is 0 Å². The summed E-state index contributed by atoms with van der Waals surface area (Å²) in [6.07, 6.45) is 1.63. The SMILES string of the molecule is O=S1(=O)CCCC1CNCc1cc(Br)cs1. The highest BCUT2D eigenvalue weighted by atomic mass is 79.9. The zero-order valence-electron chi connectivity index (χ0n) is 8.78. The number of halogens is 1. The predicted molar refractivity (Wildman–Crippen MR) is 70.5 cm³/mol. The van der Waals surface area contributed by atoms with Crippen molar-refractivity contribution in [2.24, 2.45) is 0 Å². The molecule has 0 radical (unpaired) electrons. The van der Waals surface area contributed by atoms with Crippen LogP contribution in [-0.2, 0) is 16.4 Å². The van der Waals surface area contributed by atoms with Crippen molar-refractivity contribution in [3.8, 4) is 0 Å². The van der Waals surface area contributed by atoms with Crippen molar-refractivity contribution in [1.82, 2.24) is 5.32 Å². The molecule has 1 unspecified atom stereocenters. The van der Waals surface area contributed by atoms with Crippen LogP contribution < -0.4 is 5.32 Å². The van der Waals surface area contributed by atoms with Crippen molar-refractivity contribution >= 4 is 37.1 Å². The van der Waals surface area contributed by atoms with Crippen LogP contribution in [0, 0.1) is 0 Å². The first-order chi connectivity index (χ1) is 7.58. The lowest BCUT2D eigenvalue weighted by atomic mass is 10.2. The monoisotopic (exact) mass is 323 g/mol. The summed E-state index contributed by atoms with van der Waals surface area (Å²) in [7, 11) is -2.80. The second-order valence-electron chi connectivity index (χ2n) is 3.99. The number of rotatable bonds is 4. The van der Waals surface area contributed by atoms with E-state index in [2.05, 4.69) is 27.3 Å². The molecule has 0 bridgehead atoms. The molecule has 1 aliphatic heterocycles. The van der Waals surface area contributed by atoms with Crippen LogP contribution in [0.1, 0.15) is 17.7 Å². The molecular formula is C10H14BrNO2S2. The summed E-state index contributed by atoms with van der Waals surface area (Å²) >= 11 is 5.07. The highest BCUT2D eigenvalue weighted by Crippen LogP contribution is 2.21. The second-order valence-corrected chi connectivity index (χ2v) is 8.31. The molecule has 0 spiro atoms. The molecule has 1 N–H and O–H groups in total. The van der Waals surface area contributed by atoms with Crippen LogP contribution in [0.3, 0.4) is 0 Å². The van der Waals surface area contributed by atoms with Crippen LogP contribution in [-0.4, -0.2) is 26.0 Å². The van der Waals surface area contributed by atoms with Gasteiger partial charge in [0.1, 0.15) is 0 Å². The third-order valence-electron chi connectivity index (χ3n) is 2.76. The van der Waals surface area contributed by atoms with Crippen LogP contribution in [0.15, 0.2) is 15.9 Å². The first-order valence-electron chi connectivity index (χ1n) is 5.23. The molecule has 0 saturated carbocycles. The molecule has 3 nitrogen and oxygen atoms in total. The topological polar surface area (TPSA) is 46.2 Å². The maximum absolute atomic E-state index is 11.6. The minimum atomic E-state index is -2.80. The molecule has 1 aromatic rings. The molecule has 0 amide bonds. The van der Waals surface area contributed by atoms with E-state index in [1.165, 1.54) is 4.88 Å². The minimum absolute atomic E-state index is 0.170. The van der Waals surface area contributed by atoms with Gasteiger partial charge in [-0.3, -0.25) is 0 Å². The maximum atomic E-state index is 11.6. The van der Waals surface area contributed by atoms with Crippen molar-refractivity contribution in [3.63, 3.8) is 0 Å². The molecule has 1 fully saturated rings. The fourth-order valence-electron chi connectivity index (χ4n) is 1.89. The Bertz CT molecular complexity index is 455. The van der Waals surface area contributed by atoms with Gasteiger partial charge in [-0.05, 0) is 34.8 Å². The summed E-state index contributed by atoms with van der Waals surface area (Å²) in [6.45, 7) is 1.33. The average Bonchev–Trinajstić information content (AvgIpc) is 2.74. The first-order valence-corrected chi connectivity index (χ1v) is 8.62. The van der Waals surface area contributed by atoms with Crippen molar-refractivity contribution in [1.29, 1.82) is 0 Å². The van der Waals surface area contributed by atoms with Gasteiger partial charge >= 0.3 is 0 Å². The van der Waals surface area contributed by atoms with Gasteiger partial charge in [0, 0.05) is 27.8 Å². The third kappa shape index (κ3) is 3.06. The molecule has 2 rings (SSSR count). The smallest absolute Gasteiger partial charge is 0.154 e. The molecule has 1 atom stereocenters. The molecule has 0 aliphatic carbocycles. The van der Waals surface area contributed by atoms with Gasteiger partial charge in [0.2, 0.25) is 0 Å². The first kappa shape index (κ1) is 12.5. The maximum Gasteiger partial charge on any atom is 0.154 e. The van der Waals surface area contributed by atoms with Gasteiger partial charge in [0.25, 0.3) is 0 Å². The molecule has 0 aromatic carbocycles. The van der Waals surface area contributed by atoms with Gasteiger partial charge in [-0.2, -0.15) is 0 Å². The third-order valence-corrected chi connectivity index (χ3v) is 6.73. The second kappa shape index (κ2) is 5.16. The van der Waals surface area contributed by atoms with Gasteiger partial charge in [0.15, 0.2) is 9.84 Å². The lowest BCUT2D eigenvalue weighted by molar-refractivity contribution is 0.575. The number of hydrogen-bond donors (Lipinski definition) is 1. The molecule has 2 heterocycles. The summed E-state index contributed by atoms with van der Waals surface area (Å²) in [5.41, 5.74) is 0. The molecule has 90 valence electrons. The lowest BCUT2D eigenvalue weighted by Gasteiger charge is -2.09. The van der Waals surface area contributed by atoms with Crippen molar-refractivity contribution in [2.45, 2.75) is 24.6 Å². The fraction of sp³-hybridized carbons (Fsp3) is 0.600. The number of hydrogen-bond acceptors (Lipinski definition) is 4. The van der Waals surface area contributed by atoms with Crippen molar-refractivity contribution in [3.05, 3.63) is 20.8 Å². The standard InChI is InChI=1S/C10H14BrNO2S2/c11-8-4-9(15-7-8)5-12-6-10-2-1-3-16(10,13)14/h4,7,10,12H,1-3,5-6H2. The van der Waals surface area contributed by atoms with Gasteiger partial charge < -0.3 is 5.32 Å². The van der Waals surface area contributed by atoms with Crippen molar-refractivity contribution in [2.75, 3.05) is 12.3 Å². The van der Waals surface area contributed by atoms with E-state index in [0.717, 1.165) is 23.9 Å². The van der Waals surface area contributed by atoms with Crippen molar-refractivity contribution < 1.29 is 8.42 Å². The minimum Gasteiger partial charge on any atom is -0.311 e. The molecule has 1 saturated heterocycles. The van der Waals surface area contributed by atoms with E-state index in [9.17, 15) is 8.42 Å². The number of nitrogens with one attached hydrogen (secondary N) is 1. The Labute approximate surface area is 108 Å². The Morgan fingerprint density at radius 2 is 2.38 bits per heavy atom. The van der Waals surface area contributed by atoms with E-state index < -0.39 is 9.84 Å². The highest BCUT2D eigenvalue weighted by molar-refractivity contribution is 9.10. The van der Waals surface area contributed by atoms with E-state index in [0.29, 0.717) is 12.3 Å². The Morgan fingerprint density at radius 3 is 2.94 bits per heavy atom. The van der Waals surface area contributed by atoms with Crippen LogP contribution in [0.5, 0.6) is 0 Å². The van der Waals surface area contributed by atoms with Gasteiger partial charge in [0.05, 0.1) is 11.0 Å². The molecule has 1 aliphatic rings. The van der Waals surface area contributed by atoms with E-state index in [-0.39, 0.29) is 5.25 Å². The molecular weight excluding hydrogens is 310 g/mol. The van der Waals surface area contributed by atoms with Crippen LogP contribution in [0.4, 0.5) is 0 Å². The summed E-state index contributed by atoms with van der Waals surface area (Å²) in [4.78, 5) is 1.22. The van der Waals surface area contributed by atoms with Gasteiger partial charge in [-0.25, -0.2) is 8.42 Å². The Hall–Kier alpha value is 0.0900. The van der Waals surface area contributed by atoms with Gasteiger partial charge in [-0.1, -0.05) is 0 Å². The Balaban J connectivity index is 1.80. The Kier molecular flexibility index (Phi) is 4.05. The van der Waals surface area contributed by atoms with Crippen LogP contribution in [0.25, 0.3) is 0 Å². The number of thiophene rings is 1. The highest BCUT2D eigenvalue weighted by Gasteiger charge is 2.30. The summed E-state index contributed by atoms with van der Waals surface area (Å²) < 4.78 is 24.2. The quantitative estimate of drug-likeness (QED) is 0.923. The molecule has 16 heavy (non-hydrogen) atoms. The predicted octanol–water partition coefficient (Wildman–Crippen LogP) is 2.18. The zero-order chi connectivity index (χ0) is 11.6. The average molecular weight is 324 g/mol. The van der Waals surface area contributed by atoms with Crippen LogP contribution in [0.2, 0.25) is 0 Å². The van der Waals surface area contributed by atoms with E-state index in [4.69, 9.17) is 0 Å². The molecule has 1 aromatic heterocycles. The van der Waals surface area contributed by atoms with E-state index in [1.54, 1.807) is 11.3 Å². The zero-order valence-corrected chi connectivity index (χ0v) is 12.0. The van der Waals surface area contributed by atoms with Crippen LogP contribution >= 0.6 is 27.3 Å². The lowest BCUT2D eigenvalue weighted by Crippen LogP contribution is -2.29. The molecule has 6 heteroatoms. The summed E-state index contributed by atoms with van der Waals surface area (Å²) in [6, 6.07) is 2.06. The summed E-state index contributed by atoms with van der Waals surface area (Å²) in [5.74, 6) is 0.365. The number of sulfone groups is 1. The Morgan fingerprint density at radius 1 is 1.56 bits per heavy atom. The largest absolute Gasteiger partial charge is 0.311 e. The summed E-state index contributed by atoms with van der Waals surface area (Å²) in [5, 5.41) is 5.08.